The van der Waals surface area contributed by atoms with E-state index in [0.29, 0.717) is 32.5 Å². The number of methoxy groups -OCH3 is 1. The van der Waals surface area contributed by atoms with Crippen molar-refractivity contribution in [3.8, 4) is 11.5 Å². The number of rotatable bonds is 6. The van der Waals surface area contributed by atoms with Gasteiger partial charge in [-0.05, 0) is 59.8 Å². The van der Waals surface area contributed by atoms with Crippen molar-refractivity contribution in [3.63, 3.8) is 0 Å². The summed E-state index contributed by atoms with van der Waals surface area (Å²) < 4.78 is 10.8. The highest BCUT2D eigenvalue weighted by Crippen LogP contribution is 2.37. The monoisotopic (exact) mass is 513 g/mol. The predicted octanol–water partition coefficient (Wildman–Crippen LogP) is 6.46. The molecule has 0 aromatic heterocycles. The summed E-state index contributed by atoms with van der Waals surface area (Å²) in [5.41, 5.74) is 1.43. The van der Waals surface area contributed by atoms with Crippen LogP contribution >= 0.6 is 35.0 Å². The molecule has 0 spiro atoms. The fraction of sp³-hybridized carbons (Fsp3) is 0.0800. The molecule has 0 radical (unpaired) electrons. The summed E-state index contributed by atoms with van der Waals surface area (Å²) in [6.07, 6.45) is 1.55. The Morgan fingerprint density at radius 1 is 0.971 bits per heavy atom. The molecular formula is C25H17Cl2NO5S. The zero-order chi connectivity index (χ0) is 24.2. The summed E-state index contributed by atoms with van der Waals surface area (Å²) in [6, 6.07) is 18.4. The van der Waals surface area contributed by atoms with Crippen molar-refractivity contribution in [1.82, 2.24) is 4.90 Å². The summed E-state index contributed by atoms with van der Waals surface area (Å²) in [5.74, 6) is -0.479. The molecule has 0 unspecified atom stereocenters. The molecule has 0 atom stereocenters. The summed E-state index contributed by atoms with van der Waals surface area (Å²) in [5, 5.41) is 0.308. The van der Waals surface area contributed by atoms with Crippen LogP contribution in [0, 0.1) is 0 Å². The van der Waals surface area contributed by atoms with Gasteiger partial charge in [0.05, 0.1) is 24.1 Å². The number of nitrogens with zero attached hydrogens (tertiary/aromatic N) is 1. The standard InChI is InChI=1S/C25H17Cl2NO5S/c1-32-20-11-10-15(12-21(20)33-24(30)16-6-3-2-4-7-16)13-22-23(29)28(25(31)34-22)14-17-18(26)8-5-9-19(17)27/h2-13H,14H2,1H3/b22-13-. The molecule has 34 heavy (non-hydrogen) atoms. The Morgan fingerprint density at radius 3 is 2.35 bits per heavy atom. The minimum Gasteiger partial charge on any atom is -0.493 e. The number of esters is 1. The molecule has 3 aromatic rings. The van der Waals surface area contributed by atoms with Gasteiger partial charge >= 0.3 is 5.97 Å². The van der Waals surface area contributed by atoms with E-state index in [2.05, 4.69) is 0 Å². The third kappa shape index (κ3) is 5.12. The molecular weight excluding hydrogens is 497 g/mol. The number of benzene rings is 3. The molecule has 172 valence electrons. The van der Waals surface area contributed by atoms with Crippen molar-refractivity contribution in [2.75, 3.05) is 7.11 Å². The van der Waals surface area contributed by atoms with E-state index in [0.717, 1.165) is 16.7 Å². The first-order valence-electron chi connectivity index (χ1n) is 10.0. The number of hydrogen-bond donors (Lipinski definition) is 0. The Bertz CT molecular complexity index is 1290. The number of carbonyl (C=O) groups is 3. The van der Waals surface area contributed by atoms with Crippen molar-refractivity contribution in [2.24, 2.45) is 0 Å². The lowest BCUT2D eigenvalue weighted by Gasteiger charge is -2.14. The van der Waals surface area contributed by atoms with E-state index in [1.807, 2.05) is 0 Å². The summed E-state index contributed by atoms with van der Waals surface area (Å²) in [7, 11) is 1.46. The van der Waals surface area contributed by atoms with Crippen LogP contribution in [0.25, 0.3) is 6.08 Å². The molecule has 2 amide bonds. The van der Waals surface area contributed by atoms with Crippen molar-refractivity contribution < 1.29 is 23.9 Å². The fourth-order valence-corrected chi connectivity index (χ4v) is 4.58. The summed E-state index contributed by atoms with van der Waals surface area (Å²) in [6.45, 7) is -0.0386. The Hall–Kier alpha value is -3.26. The second kappa shape index (κ2) is 10.3. The van der Waals surface area contributed by atoms with Gasteiger partial charge in [0.2, 0.25) is 0 Å². The maximum atomic E-state index is 12.9. The van der Waals surface area contributed by atoms with Gasteiger partial charge in [0.25, 0.3) is 11.1 Å². The van der Waals surface area contributed by atoms with E-state index in [9.17, 15) is 14.4 Å². The highest BCUT2D eigenvalue weighted by Gasteiger charge is 2.35. The fourth-order valence-electron chi connectivity index (χ4n) is 3.23. The highest BCUT2D eigenvalue weighted by molar-refractivity contribution is 8.18. The molecule has 1 heterocycles. The highest BCUT2D eigenvalue weighted by atomic mass is 35.5. The predicted molar refractivity (Wildman–Crippen MR) is 132 cm³/mol. The van der Waals surface area contributed by atoms with Crippen LogP contribution in [-0.2, 0) is 11.3 Å². The Balaban J connectivity index is 1.58. The van der Waals surface area contributed by atoms with Crippen molar-refractivity contribution >= 4 is 58.2 Å². The average Bonchev–Trinajstić information content (AvgIpc) is 3.09. The van der Waals surface area contributed by atoms with Crippen LogP contribution in [0.15, 0.2) is 71.6 Å². The minimum absolute atomic E-state index is 0.0386. The smallest absolute Gasteiger partial charge is 0.343 e. The number of carbonyl (C=O) groups excluding carboxylic acids is 3. The molecule has 1 saturated heterocycles. The van der Waals surface area contributed by atoms with Crippen molar-refractivity contribution in [1.29, 1.82) is 0 Å². The van der Waals surface area contributed by atoms with Crippen LogP contribution in [0.5, 0.6) is 11.5 Å². The third-order valence-corrected chi connectivity index (χ3v) is 6.56. The van der Waals surface area contributed by atoms with Gasteiger partial charge in [-0.15, -0.1) is 0 Å². The topological polar surface area (TPSA) is 72.9 Å². The Morgan fingerprint density at radius 2 is 1.68 bits per heavy atom. The number of imide groups is 1. The second-order valence-electron chi connectivity index (χ2n) is 7.13. The first-order chi connectivity index (χ1) is 16.4. The second-order valence-corrected chi connectivity index (χ2v) is 8.94. The number of halogens is 2. The number of thioether (sulfide) groups is 1. The first-order valence-corrected chi connectivity index (χ1v) is 11.6. The molecule has 9 heteroatoms. The normalized spacial score (nSPS) is 14.6. The maximum Gasteiger partial charge on any atom is 0.343 e. The van der Waals surface area contributed by atoms with E-state index in [1.165, 1.54) is 7.11 Å². The molecule has 0 N–H and O–H groups in total. The zero-order valence-electron chi connectivity index (χ0n) is 17.8. The van der Waals surface area contributed by atoms with Gasteiger partial charge < -0.3 is 9.47 Å². The van der Waals surface area contributed by atoms with Gasteiger partial charge in [-0.25, -0.2) is 4.79 Å². The van der Waals surface area contributed by atoms with Crippen molar-refractivity contribution in [2.45, 2.75) is 6.54 Å². The summed E-state index contributed by atoms with van der Waals surface area (Å²) >= 11 is 13.2. The lowest BCUT2D eigenvalue weighted by atomic mass is 10.1. The molecule has 0 bridgehead atoms. The van der Waals surface area contributed by atoms with Gasteiger partial charge in [0.15, 0.2) is 11.5 Å². The van der Waals surface area contributed by atoms with E-state index in [1.54, 1.807) is 72.8 Å². The van der Waals surface area contributed by atoms with E-state index in [4.69, 9.17) is 32.7 Å². The largest absolute Gasteiger partial charge is 0.493 e. The van der Waals surface area contributed by atoms with Crippen LogP contribution < -0.4 is 9.47 Å². The number of hydrogen-bond acceptors (Lipinski definition) is 6. The van der Waals surface area contributed by atoms with Crippen LogP contribution in [0.2, 0.25) is 10.0 Å². The maximum absolute atomic E-state index is 12.9. The molecule has 6 nitrogen and oxygen atoms in total. The number of amides is 2. The van der Waals surface area contributed by atoms with Crippen molar-refractivity contribution in [3.05, 3.63) is 98.4 Å². The van der Waals surface area contributed by atoms with E-state index in [-0.39, 0.29) is 17.2 Å². The van der Waals surface area contributed by atoms with Crippen LogP contribution in [-0.4, -0.2) is 29.1 Å². The van der Waals surface area contributed by atoms with Gasteiger partial charge in [0.1, 0.15) is 0 Å². The average molecular weight is 514 g/mol. The molecule has 1 fully saturated rings. The molecule has 0 aliphatic carbocycles. The van der Waals surface area contributed by atoms with E-state index >= 15 is 0 Å². The lowest BCUT2D eigenvalue weighted by molar-refractivity contribution is -0.123. The first kappa shape index (κ1) is 23.9. The third-order valence-electron chi connectivity index (χ3n) is 4.95. The zero-order valence-corrected chi connectivity index (χ0v) is 20.1. The van der Waals surface area contributed by atoms with Gasteiger partial charge in [-0.1, -0.05) is 53.5 Å². The lowest BCUT2D eigenvalue weighted by Crippen LogP contribution is -2.27. The minimum atomic E-state index is -0.548. The van der Waals surface area contributed by atoms with Gasteiger partial charge in [-0.3, -0.25) is 14.5 Å². The van der Waals surface area contributed by atoms with E-state index < -0.39 is 17.1 Å². The van der Waals surface area contributed by atoms with Crippen LogP contribution in [0.3, 0.4) is 0 Å². The summed E-state index contributed by atoms with van der Waals surface area (Å²) in [4.78, 5) is 39.3. The van der Waals surface area contributed by atoms with Crippen LogP contribution in [0.4, 0.5) is 4.79 Å². The number of ether oxygens (including phenoxy) is 2. The molecule has 3 aromatic carbocycles. The molecule has 4 rings (SSSR count). The molecule has 1 aliphatic heterocycles. The SMILES string of the molecule is COc1ccc(/C=C2\SC(=O)N(Cc3c(Cl)cccc3Cl)C2=O)cc1OC(=O)c1ccccc1. The Kier molecular flexibility index (Phi) is 7.26. The van der Waals surface area contributed by atoms with Crippen LogP contribution in [0.1, 0.15) is 21.5 Å². The molecule has 0 saturated carbocycles. The van der Waals surface area contributed by atoms with Gasteiger partial charge in [-0.2, -0.15) is 0 Å². The van der Waals surface area contributed by atoms with Gasteiger partial charge in [0, 0.05) is 15.6 Å². The molecule has 1 aliphatic rings. The Labute approximate surface area is 210 Å². The quantitative estimate of drug-likeness (QED) is 0.214.